The van der Waals surface area contributed by atoms with Gasteiger partial charge in [-0.05, 0) is 63.3 Å². The van der Waals surface area contributed by atoms with Crippen molar-refractivity contribution in [2.24, 2.45) is 0 Å². The van der Waals surface area contributed by atoms with Crippen LogP contribution in [0.5, 0.6) is 0 Å². The number of hydrogen-bond acceptors (Lipinski definition) is 4. The fraction of sp³-hybridized carbons (Fsp3) is 0.250. The summed E-state index contributed by atoms with van der Waals surface area (Å²) >= 11 is 5.22. The minimum Gasteiger partial charge on any atom is -0.362 e. The summed E-state index contributed by atoms with van der Waals surface area (Å²) in [6.45, 7) is 0.949. The summed E-state index contributed by atoms with van der Waals surface area (Å²) in [6.07, 6.45) is 6.27. The lowest BCUT2D eigenvalue weighted by atomic mass is 10.2. The Morgan fingerprint density at radius 2 is 2.19 bits per heavy atom. The third-order valence-electron chi connectivity index (χ3n) is 3.75. The van der Waals surface area contributed by atoms with Crippen LogP contribution in [0.3, 0.4) is 0 Å². The maximum absolute atomic E-state index is 4.59. The number of anilines is 1. The normalized spacial score (nSPS) is 14.5. The van der Waals surface area contributed by atoms with E-state index in [0.29, 0.717) is 6.04 Å². The average Bonchev–Trinajstić information content (AvgIpc) is 3.21. The van der Waals surface area contributed by atoms with Gasteiger partial charge >= 0.3 is 0 Å². The van der Waals surface area contributed by atoms with Gasteiger partial charge in [-0.1, -0.05) is 0 Å². The lowest BCUT2D eigenvalue weighted by Gasteiger charge is -2.25. The van der Waals surface area contributed by atoms with Crippen molar-refractivity contribution < 1.29 is 0 Å². The molecule has 1 saturated carbocycles. The first-order valence-electron chi connectivity index (χ1n) is 6.99. The van der Waals surface area contributed by atoms with E-state index < -0.39 is 0 Å². The minimum absolute atomic E-state index is 0.640. The van der Waals surface area contributed by atoms with Crippen LogP contribution in [0.2, 0.25) is 0 Å². The summed E-state index contributed by atoms with van der Waals surface area (Å²) in [5.74, 6) is 0. The van der Waals surface area contributed by atoms with Crippen LogP contribution < -0.4 is 4.90 Å². The second-order valence-corrected chi connectivity index (χ2v) is 7.04. The van der Waals surface area contributed by atoms with Gasteiger partial charge in [0.1, 0.15) is 5.52 Å². The molecule has 0 radical (unpaired) electrons. The number of aromatic nitrogens is 2. The van der Waals surface area contributed by atoms with Crippen molar-refractivity contribution in [3.05, 3.63) is 51.4 Å². The lowest BCUT2D eigenvalue weighted by Crippen LogP contribution is -2.25. The van der Waals surface area contributed by atoms with Crippen LogP contribution in [0, 0.1) is 0 Å². The number of hydrogen-bond donors (Lipinski definition) is 0. The molecule has 4 rings (SSSR count). The standard InChI is InChI=1S/C16H14BrN3S/c17-12-7-14-16(19-8-12)15(3-5-18-14)20(13-1-2-13)9-11-4-6-21-10-11/h3-8,10,13H,1-2,9H2. The molecule has 3 aromatic heterocycles. The molecular weight excluding hydrogens is 346 g/mol. The number of nitrogens with zero attached hydrogens (tertiary/aromatic N) is 3. The molecule has 1 aliphatic carbocycles. The molecule has 3 nitrogen and oxygen atoms in total. The molecule has 0 amide bonds. The quantitative estimate of drug-likeness (QED) is 0.680. The third kappa shape index (κ3) is 2.68. The Kier molecular flexibility index (Phi) is 3.39. The monoisotopic (exact) mass is 359 g/mol. The summed E-state index contributed by atoms with van der Waals surface area (Å²) in [4.78, 5) is 11.5. The molecule has 1 aliphatic rings. The van der Waals surface area contributed by atoms with Crippen molar-refractivity contribution in [3.63, 3.8) is 0 Å². The van der Waals surface area contributed by atoms with Gasteiger partial charge < -0.3 is 4.90 Å². The van der Waals surface area contributed by atoms with E-state index in [0.717, 1.165) is 22.1 Å². The van der Waals surface area contributed by atoms with E-state index >= 15 is 0 Å². The zero-order valence-corrected chi connectivity index (χ0v) is 13.8. The Morgan fingerprint density at radius 1 is 1.29 bits per heavy atom. The molecular formula is C16H14BrN3S. The van der Waals surface area contributed by atoms with E-state index in [1.165, 1.54) is 24.1 Å². The fourth-order valence-corrected chi connectivity index (χ4v) is 3.58. The van der Waals surface area contributed by atoms with Crippen molar-refractivity contribution in [2.75, 3.05) is 4.90 Å². The van der Waals surface area contributed by atoms with E-state index in [4.69, 9.17) is 0 Å². The smallest absolute Gasteiger partial charge is 0.112 e. The molecule has 106 valence electrons. The summed E-state index contributed by atoms with van der Waals surface area (Å²) in [7, 11) is 0. The zero-order valence-electron chi connectivity index (χ0n) is 11.4. The van der Waals surface area contributed by atoms with Crippen molar-refractivity contribution in [2.45, 2.75) is 25.4 Å². The summed E-state index contributed by atoms with van der Waals surface area (Å²) in [6, 6.07) is 6.96. The molecule has 0 N–H and O–H groups in total. The number of thiophene rings is 1. The maximum atomic E-state index is 4.59. The second kappa shape index (κ2) is 5.39. The van der Waals surface area contributed by atoms with Gasteiger partial charge in [0.05, 0.1) is 11.2 Å². The highest BCUT2D eigenvalue weighted by Crippen LogP contribution is 2.36. The van der Waals surface area contributed by atoms with Crippen molar-refractivity contribution in [1.29, 1.82) is 0 Å². The zero-order chi connectivity index (χ0) is 14.2. The molecule has 3 heterocycles. The van der Waals surface area contributed by atoms with Gasteiger partial charge in [-0.25, -0.2) is 0 Å². The second-order valence-electron chi connectivity index (χ2n) is 5.34. The molecule has 1 fully saturated rings. The lowest BCUT2D eigenvalue weighted by molar-refractivity contribution is 0.798. The highest BCUT2D eigenvalue weighted by atomic mass is 79.9. The summed E-state index contributed by atoms with van der Waals surface area (Å²) < 4.78 is 0.968. The van der Waals surface area contributed by atoms with Crippen molar-refractivity contribution in [3.8, 4) is 0 Å². The van der Waals surface area contributed by atoms with Crippen LogP contribution in [0.15, 0.2) is 45.8 Å². The molecule has 0 aliphatic heterocycles. The molecule has 0 unspecified atom stereocenters. The Labute approximate surface area is 135 Å². The SMILES string of the molecule is Brc1cnc2c(N(Cc3ccsc3)C3CC3)ccnc2c1. The highest BCUT2D eigenvalue weighted by Gasteiger charge is 2.30. The van der Waals surface area contributed by atoms with Crippen LogP contribution in [-0.4, -0.2) is 16.0 Å². The first-order valence-corrected chi connectivity index (χ1v) is 8.73. The molecule has 0 spiro atoms. The molecule has 3 aromatic rings. The number of halogens is 1. The van der Waals surface area contributed by atoms with Crippen molar-refractivity contribution >= 4 is 44.0 Å². The highest BCUT2D eigenvalue weighted by molar-refractivity contribution is 9.10. The largest absolute Gasteiger partial charge is 0.362 e. The van der Waals surface area contributed by atoms with Gasteiger partial charge in [0, 0.05) is 29.5 Å². The third-order valence-corrected chi connectivity index (χ3v) is 4.92. The van der Waals surface area contributed by atoms with Gasteiger partial charge in [-0.2, -0.15) is 11.3 Å². The van der Waals surface area contributed by atoms with E-state index in [1.54, 1.807) is 11.3 Å². The topological polar surface area (TPSA) is 29.0 Å². The first kappa shape index (κ1) is 13.2. The average molecular weight is 360 g/mol. The van der Waals surface area contributed by atoms with Gasteiger partial charge in [-0.3, -0.25) is 9.97 Å². The van der Waals surface area contributed by atoms with Gasteiger partial charge in [0.15, 0.2) is 0 Å². The van der Waals surface area contributed by atoms with Crippen LogP contribution in [-0.2, 0) is 6.54 Å². The summed E-state index contributed by atoms with van der Waals surface area (Å²) in [5, 5.41) is 4.36. The fourth-order valence-electron chi connectivity index (χ4n) is 2.60. The van der Waals surface area contributed by atoms with Crippen LogP contribution in [0.1, 0.15) is 18.4 Å². The van der Waals surface area contributed by atoms with E-state index in [-0.39, 0.29) is 0 Å². The first-order chi connectivity index (χ1) is 10.3. The number of fused-ring (bicyclic) bond motifs is 1. The molecule has 0 aromatic carbocycles. The molecule has 0 atom stereocenters. The molecule has 0 bridgehead atoms. The number of pyridine rings is 2. The molecule has 0 saturated heterocycles. The van der Waals surface area contributed by atoms with Crippen molar-refractivity contribution in [1.82, 2.24) is 9.97 Å². The molecule has 5 heteroatoms. The van der Waals surface area contributed by atoms with Gasteiger partial charge in [-0.15, -0.1) is 0 Å². The summed E-state index contributed by atoms with van der Waals surface area (Å²) in [5.41, 5.74) is 4.50. The van der Waals surface area contributed by atoms with Gasteiger partial charge in [0.2, 0.25) is 0 Å². The van der Waals surface area contributed by atoms with Gasteiger partial charge in [0.25, 0.3) is 0 Å². The van der Waals surface area contributed by atoms with E-state index in [9.17, 15) is 0 Å². The minimum atomic E-state index is 0.640. The van der Waals surface area contributed by atoms with Crippen LogP contribution in [0.4, 0.5) is 5.69 Å². The maximum Gasteiger partial charge on any atom is 0.112 e. The number of rotatable bonds is 4. The Balaban J connectivity index is 1.78. The van der Waals surface area contributed by atoms with Crippen LogP contribution in [0.25, 0.3) is 11.0 Å². The predicted molar refractivity (Wildman–Crippen MR) is 90.8 cm³/mol. The van der Waals surface area contributed by atoms with E-state index in [2.05, 4.69) is 53.7 Å². The van der Waals surface area contributed by atoms with Crippen LogP contribution >= 0.6 is 27.3 Å². The molecule has 21 heavy (non-hydrogen) atoms. The predicted octanol–water partition coefficient (Wildman–Crippen LogP) is 4.62. The van der Waals surface area contributed by atoms with E-state index in [1.807, 2.05) is 18.5 Å². The Morgan fingerprint density at radius 3 is 2.95 bits per heavy atom. The Hall–Kier alpha value is -1.46. The Bertz CT molecular complexity index is 768.